The number of likely N-dealkylation sites (N-methyl/N-ethyl adjacent to an activating group) is 1. The molecule has 4 aromatic rings. The van der Waals surface area contributed by atoms with E-state index in [-0.39, 0.29) is 5.91 Å². The smallest absolute Gasteiger partial charge is 0.247 e. The summed E-state index contributed by atoms with van der Waals surface area (Å²) in [7, 11) is 5.93. The average Bonchev–Trinajstić information content (AvgIpc) is 3.26. The third-order valence-corrected chi connectivity index (χ3v) is 5.71. The number of aromatic nitrogens is 4. The first-order valence-corrected chi connectivity index (χ1v) is 12.0. The van der Waals surface area contributed by atoms with Gasteiger partial charge in [0, 0.05) is 43.2 Å². The molecular formula is C27H32N8O2. The lowest BCUT2D eigenvalue weighted by molar-refractivity contribution is -0.111. The Labute approximate surface area is 216 Å². The van der Waals surface area contributed by atoms with Gasteiger partial charge in [0.1, 0.15) is 17.9 Å². The molecule has 37 heavy (non-hydrogen) atoms. The van der Waals surface area contributed by atoms with E-state index in [4.69, 9.17) is 4.74 Å². The number of hydrogen-bond acceptors (Lipinski definition) is 8. The Hall–Kier alpha value is -4.44. The normalized spacial score (nSPS) is 10.9. The van der Waals surface area contributed by atoms with Crippen LogP contribution in [0.4, 0.5) is 22.9 Å². The summed E-state index contributed by atoms with van der Waals surface area (Å²) in [5.41, 5.74) is 4.78. The number of rotatable bonds is 11. The minimum absolute atomic E-state index is 0.305. The van der Waals surface area contributed by atoms with Crippen molar-refractivity contribution in [2.24, 2.45) is 7.05 Å². The van der Waals surface area contributed by atoms with E-state index in [2.05, 4.69) is 48.6 Å². The molecule has 0 fully saturated rings. The fourth-order valence-electron chi connectivity index (χ4n) is 3.84. The summed E-state index contributed by atoms with van der Waals surface area (Å²) < 4.78 is 7.77. The summed E-state index contributed by atoms with van der Waals surface area (Å²) in [6.45, 7) is 7.49. The van der Waals surface area contributed by atoms with Crippen LogP contribution in [0.5, 0.6) is 5.75 Å². The van der Waals surface area contributed by atoms with E-state index in [1.54, 1.807) is 0 Å². The summed E-state index contributed by atoms with van der Waals surface area (Å²) in [5.74, 6) is 0.913. The van der Waals surface area contributed by atoms with Gasteiger partial charge in [0.2, 0.25) is 5.91 Å². The molecule has 2 aromatic carbocycles. The number of carbonyl (C=O) groups excluding carboxylic acids is 1. The van der Waals surface area contributed by atoms with Crippen molar-refractivity contribution in [3.63, 3.8) is 0 Å². The summed E-state index contributed by atoms with van der Waals surface area (Å²) in [6, 6.07) is 11.7. The number of aryl methyl sites for hydroxylation is 1. The van der Waals surface area contributed by atoms with E-state index >= 15 is 0 Å². The second-order valence-electron chi connectivity index (χ2n) is 8.71. The van der Waals surface area contributed by atoms with Crippen molar-refractivity contribution in [2.45, 2.75) is 6.92 Å². The highest BCUT2D eigenvalue weighted by Gasteiger charge is 2.14. The van der Waals surface area contributed by atoms with Gasteiger partial charge in [-0.25, -0.2) is 9.97 Å². The van der Waals surface area contributed by atoms with Gasteiger partial charge in [0.05, 0.1) is 41.1 Å². The molecule has 0 aliphatic carbocycles. The maximum atomic E-state index is 12.1. The number of nitrogens with one attached hydrogen (secondary N) is 3. The molecule has 0 unspecified atom stereocenters. The summed E-state index contributed by atoms with van der Waals surface area (Å²) in [5, 5.41) is 14.9. The van der Waals surface area contributed by atoms with E-state index < -0.39 is 0 Å². The van der Waals surface area contributed by atoms with Gasteiger partial charge in [0.25, 0.3) is 0 Å². The van der Waals surface area contributed by atoms with E-state index in [0.717, 1.165) is 34.4 Å². The zero-order valence-corrected chi connectivity index (χ0v) is 21.6. The van der Waals surface area contributed by atoms with Crippen molar-refractivity contribution >= 4 is 39.7 Å². The van der Waals surface area contributed by atoms with Crippen LogP contribution in [0.25, 0.3) is 22.2 Å². The summed E-state index contributed by atoms with van der Waals surface area (Å²) >= 11 is 0. The molecule has 0 aliphatic rings. The molecule has 10 heteroatoms. The van der Waals surface area contributed by atoms with Gasteiger partial charge in [0.15, 0.2) is 0 Å². The van der Waals surface area contributed by atoms with E-state index in [1.165, 1.54) is 12.4 Å². The SMILES string of the molecule is C=CC(=O)Nc1cc(Nc2cc(-c3ccc4c(cnn4C)c3)ncn2)c(OCC)cc1NCCN(C)C. The molecule has 0 bridgehead atoms. The predicted molar refractivity (Wildman–Crippen MR) is 149 cm³/mol. The maximum absolute atomic E-state index is 12.1. The number of amides is 1. The van der Waals surface area contributed by atoms with Gasteiger partial charge in [-0.05, 0) is 45.3 Å². The van der Waals surface area contributed by atoms with Gasteiger partial charge < -0.3 is 25.6 Å². The van der Waals surface area contributed by atoms with Crippen LogP contribution in [0.15, 0.2) is 61.6 Å². The fraction of sp³-hybridized carbons (Fsp3) is 0.259. The third kappa shape index (κ3) is 6.22. The first-order chi connectivity index (χ1) is 17.9. The highest BCUT2D eigenvalue weighted by Crippen LogP contribution is 2.37. The number of anilines is 4. The number of benzene rings is 2. The molecule has 3 N–H and O–H groups in total. The van der Waals surface area contributed by atoms with Crippen LogP contribution in [-0.2, 0) is 11.8 Å². The molecule has 2 heterocycles. The van der Waals surface area contributed by atoms with Crippen molar-refractivity contribution in [1.29, 1.82) is 0 Å². The molecule has 192 valence electrons. The molecule has 0 saturated carbocycles. The number of fused-ring (bicyclic) bond motifs is 1. The Bertz CT molecular complexity index is 1410. The molecule has 1 amide bonds. The van der Waals surface area contributed by atoms with E-state index in [9.17, 15) is 4.79 Å². The van der Waals surface area contributed by atoms with Gasteiger partial charge in [-0.3, -0.25) is 9.48 Å². The zero-order chi connectivity index (χ0) is 26.4. The highest BCUT2D eigenvalue weighted by atomic mass is 16.5. The van der Waals surface area contributed by atoms with Crippen LogP contribution in [-0.4, -0.2) is 64.3 Å². The molecule has 0 spiro atoms. The average molecular weight is 501 g/mol. The van der Waals surface area contributed by atoms with Crippen LogP contribution >= 0.6 is 0 Å². The van der Waals surface area contributed by atoms with Crippen LogP contribution in [0, 0.1) is 0 Å². The number of hydrogen-bond donors (Lipinski definition) is 3. The molecule has 4 rings (SSSR count). The molecule has 0 saturated heterocycles. The van der Waals surface area contributed by atoms with Gasteiger partial charge in [-0.15, -0.1) is 0 Å². The van der Waals surface area contributed by atoms with Gasteiger partial charge in [-0.2, -0.15) is 5.10 Å². The fourth-order valence-corrected chi connectivity index (χ4v) is 3.84. The minimum Gasteiger partial charge on any atom is -0.492 e. The Morgan fingerprint density at radius 3 is 2.73 bits per heavy atom. The molecule has 0 aliphatic heterocycles. The van der Waals surface area contributed by atoms with E-state index in [0.29, 0.717) is 36.1 Å². The van der Waals surface area contributed by atoms with Gasteiger partial charge in [-0.1, -0.05) is 12.6 Å². The van der Waals surface area contributed by atoms with Crippen molar-refractivity contribution < 1.29 is 9.53 Å². The predicted octanol–water partition coefficient (Wildman–Crippen LogP) is 4.27. The van der Waals surface area contributed by atoms with Crippen LogP contribution in [0.3, 0.4) is 0 Å². The number of nitrogens with zero attached hydrogens (tertiary/aromatic N) is 5. The molecule has 0 atom stereocenters. The second kappa shape index (κ2) is 11.5. The Morgan fingerprint density at radius 1 is 1.14 bits per heavy atom. The largest absolute Gasteiger partial charge is 0.492 e. The number of ether oxygens (including phenoxy) is 1. The lowest BCUT2D eigenvalue weighted by Gasteiger charge is -2.19. The Morgan fingerprint density at radius 2 is 1.97 bits per heavy atom. The Balaban J connectivity index is 1.66. The first-order valence-electron chi connectivity index (χ1n) is 12.0. The summed E-state index contributed by atoms with van der Waals surface area (Å²) in [4.78, 5) is 23.1. The maximum Gasteiger partial charge on any atom is 0.247 e. The first kappa shape index (κ1) is 25.6. The zero-order valence-electron chi connectivity index (χ0n) is 21.6. The molecule has 10 nitrogen and oxygen atoms in total. The highest BCUT2D eigenvalue weighted by molar-refractivity contribution is 6.02. The molecular weight excluding hydrogens is 468 g/mol. The van der Waals surface area contributed by atoms with Crippen molar-refractivity contribution in [1.82, 2.24) is 24.6 Å². The number of carbonyl (C=O) groups is 1. The van der Waals surface area contributed by atoms with Crippen LogP contribution in [0.2, 0.25) is 0 Å². The Kier molecular flexibility index (Phi) is 7.99. The third-order valence-electron chi connectivity index (χ3n) is 5.71. The van der Waals surface area contributed by atoms with Crippen molar-refractivity contribution in [3.8, 4) is 17.0 Å². The van der Waals surface area contributed by atoms with Crippen molar-refractivity contribution in [2.75, 3.05) is 49.7 Å². The van der Waals surface area contributed by atoms with E-state index in [1.807, 2.05) is 69.3 Å². The quantitative estimate of drug-likeness (QED) is 0.262. The monoisotopic (exact) mass is 500 g/mol. The second-order valence-corrected chi connectivity index (χ2v) is 8.71. The lowest BCUT2D eigenvalue weighted by Crippen LogP contribution is -2.21. The van der Waals surface area contributed by atoms with Crippen molar-refractivity contribution in [3.05, 3.63) is 61.6 Å². The molecule has 0 radical (unpaired) electrons. The minimum atomic E-state index is -0.305. The lowest BCUT2D eigenvalue weighted by atomic mass is 10.1. The van der Waals surface area contributed by atoms with Crippen LogP contribution in [0.1, 0.15) is 6.92 Å². The molecule has 2 aromatic heterocycles. The van der Waals surface area contributed by atoms with Gasteiger partial charge >= 0.3 is 0 Å². The topological polar surface area (TPSA) is 109 Å². The summed E-state index contributed by atoms with van der Waals surface area (Å²) in [6.07, 6.45) is 4.59. The standard InChI is InChI=1S/C27H32N8O2/c1-6-27(36)33-22-13-23(25(37-7-2)14-21(22)28-10-11-34(3)4)32-26-15-20(29-17-30-26)18-8-9-24-19(12-18)16-31-35(24)5/h6,8-9,12-17,28H,1,7,10-11H2,2-5H3,(H,33,36)(H,29,30,32). The van der Waals surface area contributed by atoms with Crippen LogP contribution < -0.4 is 20.7 Å².